The second-order valence-corrected chi connectivity index (χ2v) is 11.6. The fraction of sp³-hybridized carbons (Fsp3) is 0.533. The third-order valence-electron chi connectivity index (χ3n) is 3.76. The summed E-state index contributed by atoms with van der Waals surface area (Å²) in [6, 6.07) is 7.02. The number of hydrogen-bond acceptors (Lipinski definition) is 2. The maximum atomic E-state index is 12.3. The number of rotatable bonds is 4. The van der Waals surface area contributed by atoms with Crippen LogP contribution in [0.25, 0.3) is 0 Å². The molecule has 0 radical (unpaired) electrons. The van der Waals surface area contributed by atoms with Crippen LogP contribution in [-0.2, 0) is 4.43 Å². The first-order valence-corrected chi connectivity index (χ1v) is 9.81. The Balaban J connectivity index is 2.85. The van der Waals surface area contributed by atoms with E-state index in [0.29, 0.717) is 10.6 Å². The highest BCUT2D eigenvalue weighted by atomic mass is 35.5. The molecule has 19 heavy (non-hydrogen) atoms. The molecule has 106 valence electrons. The van der Waals surface area contributed by atoms with Crippen molar-refractivity contribution in [3.05, 3.63) is 34.9 Å². The predicted octanol–water partition coefficient (Wildman–Crippen LogP) is 4.93. The van der Waals surface area contributed by atoms with Crippen LogP contribution in [0.15, 0.2) is 24.3 Å². The molecule has 0 aromatic heterocycles. The van der Waals surface area contributed by atoms with Crippen molar-refractivity contribution in [3.63, 3.8) is 0 Å². The van der Waals surface area contributed by atoms with Crippen molar-refractivity contribution in [1.82, 2.24) is 0 Å². The van der Waals surface area contributed by atoms with E-state index in [2.05, 4.69) is 33.9 Å². The molecule has 0 saturated carbocycles. The number of benzene rings is 1. The molecule has 0 saturated heterocycles. The highest BCUT2D eigenvalue weighted by Gasteiger charge is 2.39. The van der Waals surface area contributed by atoms with Crippen molar-refractivity contribution in [1.29, 1.82) is 0 Å². The summed E-state index contributed by atoms with van der Waals surface area (Å²) in [5.41, 5.74) is 0.610. The Hall–Kier alpha value is -0.643. The molecular formula is C15H23ClO2Si. The standard InChI is InChI=1S/C15H23ClO2Si/c1-11(18-19(5,6)15(2,3)4)14(17)12-8-7-9-13(16)10-12/h7-11H,1-6H3/t11-/m1/s1. The summed E-state index contributed by atoms with van der Waals surface area (Å²) in [6.45, 7) is 12.6. The Labute approximate surface area is 122 Å². The van der Waals surface area contributed by atoms with Gasteiger partial charge in [-0.1, -0.05) is 44.5 Å². The summed E-state index contributed by atoms with van der Waals surface area (Å²) in [5, 5.41) is 0.668. The summed E-state index contributed by atoms with van der Waals surface area (Å²) in [6.07, 6.45) is -0.431. The van der Waals surface area contributed by atoms with E-state index in [-0.39, 0.29) is 10.8 Å². The zero-order valence-corrected chi connectivity index (χ0v) is 14.3. The van der Waals surface area contributed by atoms with Gasteiger partial charge in [0.05, 0.1) is 0 Å². The van der Waals surface area contributed by atoms with Crippen molar-refractivity contribution in [2.75, 3.05) is 0 Å². The van der Waals surface area contributed by atoms with E-state index in [9.17, 15) is 4.79 Å². The third kappa shape index (κ3) is 4.16. The molecule has 1 aromatic carbocycles. The van der Waals surface area contributed by atoms with Gasteiger partial charge in [0.25, 0.3) is 0 Å². The van der Waals surface area contributed by atoms with Crippen LogP contribution in [-0.4, -0.2) is 20.2 Å². The lowest BCUT2D eigenvalue weighted by molar-refractivity contribution is 0.0796. The van der Waals surface area contributed by atoms with Crippen LogP contribution in [0, 0.1) is 0 Å². The number of hydrogen-bond donors (Lipinski definition) is 0. The molecule has 0 aliphatic heterocycles. The summed E-state index contributed by atoms with van der Waals surface area (Å²) in [5.74, 6) is -0.00711. The van der Waals surface area contributed by atoms with E-state index in [4.69, 9.17) is 16.0 Å². The lowest BCUT2D eigenvalue weighted by Crippen LogP contribution is -2.45. The second kappa shape index (κ2) is 5.78. The van der Waals surface area contributed by atoms with Crippen molar-refractivity contribution in [2.24, 2.45) is 0 Å². The molecule has 1 aromatic rings. The molecule has 0 aliphatic carbocycles. The highest BCUT2D eigenvalue weighted by molar-refractivity contribution is 6.74. The first kappa shape index (κ1) is 16.4. The lowest BCUT2D eigenvalue weighted by atomic mass is 10.1. The maximum Gasteiger partial charge on any atom is 0.193 e. The monoisotopic (exact) mass is 298 g/mol. The summed E-state index contributed by atoms with van der Waals surface area (Å²) < 4.78 is 6.10. The van der Waals surface area contributed by atoms with Crippen LogP contribution >= 0.6 is 11.6 Å². The van der Waals surface area contributed by atoms with Crippen LogP contribution in [0.4, 0.5) is 0 Å². The number of ketones is 1. The number of carbonyl (C=O) groups excluding carboxylic acids is 1. The summed E-state index contributed by atoms with van der Waals surface area (Å²) in [7, 11) is -1.93. The van der Waals surface area contributed by atoms with Crippen molar-refractivity contribution >= 4 is 25.7 Å². The normalized spacial score (nSPS) is 14.3. The average molecular weight is 299 g/mol. The van der Waals surface area contributed by atoms with E-state index in [1.165, 1.54) is 0 Å². The van der Waals surface area contributed by atoms with Crippen LogP contribution in [0.5, 0.6) is 0 Å². The van der Waals surface area contributed by atoms with E-state index in [1.807, 2.05) is 6.92 Å². The van der Waals surface area contributed by atoms with Crippen LogP contribution in [0.1, 0.15) is 38.1 Å². The van der Waals surface area contributed by atoms with Gasteiger partial charge in [-0.25, -0.2) is 0 Å². The number of Topliss-reactive ketones (excluding diaryl/α,β-unsaturated/α-hetero) is 1. The minimum atomic E-state index is -1.93. The van der Waals surface area contributed by atoms with Crippen molar-refractivity contribution in [2.45, 2.75) is 51.9 Å². The summed E-state index contributed by atoms with van der Waals surface area (Å²) in [4.78, 5) is 12.3. The van der Waals surface area contributed by atoms with Gasteiger partial charge in [-0.2, -0.15) is 0 Å². The molecule has 0 amide bonds. The predicted molar refractivity (Wildman–Crippen MR) is 83.5 cm³/mol. The Morgan fingerprint density at radius 3 is 2.37 bits per heavy atom. The van der Waals surface area contributed by atoms with Crippen molar-refractivity contribution < 1.29 is 9.22 Å². The lowest BCUT2D eigenvalue weighted by Gasteiger charge is -2.38. The average Bonchev–Trinajstić information content (AvgIpc) is 2.25. The van der Waals surface area contributed by atoms with Crippen LogP contribution < -0.4 is 0 Å². The zero-order valence-electron chi connectivity index (χ0n) is 12.6. The van der Waals surface area contributed by atoms with Gasteiger partial charge in [0.15, 0.2) is 14.1 Å². The molecule has 4 heteroatoms. The smallest absolute Gasteiger partial charge is 0.193 e. The SMILES string of the molecule is C[C@@H](O[Si](C)(C)C(C)(C)C)C(=O)c1cccc(Cl)c1. The highest BCUT2D eigenvalue weighted by Crippen LogP contribution is 2.37. The van der Waals surface area contributed by atoms with Gasteiger partial charge in [-0.05, 0) is 37.2 Å². The molecule has 0 fully saturated rings. The van der Waals surface area contributed by atoms with Gasteiger partial charge in [-0.3, -0.25) is 4.79 Å². The molecule has 1 rings (SSSR count). The number of carbonyl (C=O) groups is 1. The van der Waals surface area contributed by atoms with Crippen molar-refractivity contribution in [3.8, 4) is 0 Å². The minimum absolute atomic E-state index is 0.00711. The Morgan fingerprint density at radius 1 is 1.32 bits per heavy atom. The zero-order chi connectivity index (χ0) is 14.8. The molecule has 0 N–H and O–H groups in total. The van der Waals surface area contributed by atoms with Gasteiger partial charge >= 0.3 is 0 Å². The van der Waals surface area contributed by atoms with Gasteiger partial charge in [0, 0.05) is 10.6 Å². The Morgan fingerprint density at radius 2 is 1.89 bits per heavy atom. The Bertz CT molecular complexity index is 463. The fourth-order valence-electron chi connectivity index (χ4n) is 1.55. The molecule has 0 spiro atoms. The molecule has 0 heterocycles. The molecule has 0 unspecified atom stereocenters. The van der Waals surface area contributed by atoms with Gasteiger partial charge in [0.2, 0.25) is 0 Å². The van der Waals surface area contributed by atoms with E-state index in [0.717, 1.165) is 0 Å². The molecule has 0 bridgehead atoms. The van der Waals surface area contributed by atoms with E-state index in [1.54, 1.807) is 24.3 Å². The van der Waals surface area contributed by atoms with Gasteiger partial charge in [-0.15, -0.1) is 0 Å². The summed E-state index contributed by atoms with van der Waals surface area (Å²) >= 11 is 5.91. The largest absolute Gasteiger partial charge is 0.407 e. The molecule has 0 aliphatic rings. The van der Waals surface area contributed by atoms with Gasteiger partial charge in [0.1, 0.15) is 6.10 Å². The molecule has 2 nitrogen and oxygen atoms in total. The number of halogens is 1. The maximum absolute atomic E-state index is 12.3. The fourth-order valence-corrected chi connectivity index (χ4v) is 3.08. The topological polar surface area (TPSA) is 26.3 Å². The van der Waals surface area contributed by atoms with Gasteiger partial charge < -0.3 is 4.43 Å². The quantitative estimate of drug-likeness (QED) is 0.582. The first-order chi connectivity index (χ1) is 8.54. The third-order valence-corrected chi connectivity index (χ3v) is 8.55. The Kier molecular flexibility index (Phi) is 4.99. The minimum Gasteiger partial charge on any atom is -0.407 e. The second-order valence-electron chi connectivity index (χ2n) is 6.39. The van der Waals surface area contributed by atoms with Crippen LogP contribution in [0.3, 0.4) is 0 Å². The first-order valence-electron chi connectivity index (χ1n) is 6.52. The molecular weight excluding hydrogens is 276 g/mol. The van der Waals surface area contributed by atoms with E-state index >= 15 is 0 Å². The van der Waals surface area contributed by atoms with Crippen LogP contribution in [0.2, 0.25) is 23.2 Å². The molecule has 1 atom stereocenters. The van der Waals surface area contributed by atoms with E-state index < -0.39 is 14.4 Å².